The lowest BCUT2D eigenvalue weighted by molar-refractivity contribution is -0.888. The highest BCUT2D eigenvalue weighted by Crippen LogP contribution is 2.41. The van der Waals surface area contributed by atoms with Crippen molar-refractivity contribution >= 4 is 21.9 Å². The minimum Gasteiger partial charge on any atom is -1.00 e. The molecule has 0 bridgehead atoms. The molecular formula is C45H105Br2N3O5. The van der Waals surface area contributed by atoms with Crippen LogP contribution in [0.1, 0.15) is 145 Å². The average molecular weight is 928 g/mol. The molecule has 344 valence electrons. The summed E-state index contributed by atoms with van der Waals surface area (Å²) in [5.41, 5.74) is -0.430. The molecule has 1 rings (SSSR count). The Morgan fingerprint density at radius 3 is 1.42 bits per heavy atom. The molecule has 0 aliphatic carbocycles. The molecule has 8 nitrogen and oxygen atoms in total. The summed E-state index contributed by atoms with van der Waals surface area (Å²) < 4.78 is 23.0. The summed E-state index contributed by atoms with van der Waals surface area (Å²) in [7, 11) is 12.5. The van der Waals surface area contributed by atoms with Crippen LogP contribution in [-0.2, 0) is 23.7 Å². The minimum atomic E-state index is -0.341. The van der Waals surface area contributed by atoms with Crippen LogP contribution in [0.4, 0.5) is 0 Å². The Hall–Kier alpha value is -0.650. The van der Waals surface area contributed by atoms with Crippen LogP contribution in [0, 0.1) is 16.2 Å². The average Bonchev–Trinajstić information content (AvgIpc) is 3.60. The van der Waals surface area contributed by atoms with Gasteiger partial charge in [-0.2, -0.15) is 0 Å². The number of hydrogen-bond donors (Lipinski definition) is 0. The fourth-order valence-corrected chi connectivity index (χ4v) is 3.71. The van der Waals surface area contributed by atoms with Gasteiger partial charge in [-0.25, -0.2) is 0 Å². The summed E-state index contributed by atoms with van der Waals surface area (Å²) in [6.07, 6.45) is 6.39. The largest absolute Gasteiger partial charge is 1.00 e. The van der Waals surface area contributed by atoms with Gasteiger partial charge in [0.2, 0.25) is 0 Å². The number of halogens is 2. The molecule has 0 saturated carbocycles. The number of carbonyl (C=O) groups is 1. The van der Waals surface area contributed by atoms with Crippen molar-refractivity contribution in [3.05, 3.63) is 24.7 Å². The van der Waals surface area contributed by atoms with Gasteiger partial charge >= 0.3 is 5.97 Å². The van der Waals surface area contributed by atoms with E-state index in [1.54, 1.807) is 0 Å². The van der Waals surface area contributed by atoms with Gasteiger partial charge in [0.05, 0.1) is 37.6 Å². The highest BCUT2D eigenvalue weighted by atomic mass is 79.9. The first kappa shape index (κ1) is 78.6. The number of hydrogen-bond acceptors (Lipinski definition) is 7. The molecule has 55 heavy (non-hydrogen) atoms. The maximum absolute atomic E-state index is 11.4. The van der Waals surface area contributed by atoms with E-state index < -0.39 is 0 Å². The number of alkyl halides is 1. The van der Waals surface area contributed by atoms with E-state index >= 15 is 0 Å². The molecule has 1 heterocycles. The predicted octanol–water partition coefficient (Wildman–Crippen LogP) is 9.47. The highest BCUT2D eigenvalue weighted by molar-refractivity contribution is 9.09. The van der Waals surface area contributed by atoms with E-state index in [2.05, 4.69) is 96.8 Å². The van der Waals surface area contributed by atoms with E-state index in [9.17, 15) is 4.79 Å². The van der Waals surface area contributed by atoms with Crippen LogP contribution >= 0.6 is 15.9 Å². The molecule has 1 aliphatic rings. The molecule has 0 aromatic carbocycles. The zero-order valence-electron chi connectivity index (χ0n) is 34.9. The van der Waals surface area contributed by atoms with Crippen LogP contribution in [-0.4, -0.2) is 127 Å². The van der Waals surface area contributed by atoms with Crippen molar-refractivity contribution in [1.29, 1.82) is 0 Å². The molecule has 0 radical (unpaired) electrons. The number of allylic oxidation sites excluding steroid dienone is 2. The third kappa shape index (κ3) is 42.8. The van der Waals surface area contributed by atoms with Gasteiger partial charge in [0.1, 0.15) is 26.4 Å². The molecule has 0 spiro atoms. The lowest BCUT2D eigenvalue weighted by atomic mass is 9.75. The smallest absolute Gasteiger partial charge is 0.311 e. The molecule has 0 aromatic rings. The number of esters is 1. The van der Waals surface area contributed by atoms with Crippen molar-refractivity contribution in [3.8, 4) is 0 Å². The Morgan fingerprint density at radius 1 is 0.691 bits per heavy atom. The first-order valence-corrected chi connectivity index (χ1v) is 19.3. The zero-order chi connectivity index (χ0) is 38.0. The quantitative estimate of drug-likeness (QED) is 0.0522. The molecule has 1 unspecified atom stereocenters. The summed E-state index contributed by atoms with van der Waals surface area (Å²) in [5, 5.41) is 1.06. The van der Waals surface area contributed by atoms with Crippen molar-refractivity contribution in [1.82, 2.24) is 9.80 Å². The van der Waals surface area contributed by atoms with Gasteiger partial charge in [0.25, 0.3) is 0 Å². The van der Waals surface area contributed by atoms with Crippen LogP contribution in [0.15, 0.2) is 24.7 Å². The van der Waals surface area contributed by atoms with Gasteiger partial charge in [-0.3, -0.25) is 4.79 Å². The van der Waals surface area contributed by atoms with E-state index in [4.69, 9.17) is 18.9 Å². The zero-order valence-corrected chi connectivity index (χ0v) is 38.0. The molecule has 0 amide bonds. The third-order valence-corrected chi connectivity index (χ3v) is 9.19. The Bertz CT molecular complexity index is 841. The number of nitrogens with zero attached hydrogens (tertiary/aromatic N) is 3. The van der Waals surface area contributed by atoms with Crippen molar-refractivity contribution < 1.29 is 45.2 Å². The summed E-state index contributed by atoms with van der Waals surface area (Å²) in [4.78, 5) is 15.6. The van der Waals surface area contributed by atoms with Gasteiger partial charge in [0, 0.05) is 42.5 Å². The number of carbonyl (C=O) groups excluding carboxylic acids is 1. The highest BCUT2D eigenvalue weighted by Gasteiger charge is 2.33. The number of likely N-dealkylation sites (N-methyl/N-ethyl adjacent to an activating group) is 3. The van der Waals surface area contributed by atoms with Crippen LogP contribution in [0.3, 0.4) is 0 Å². The van der Waals surface area contributed by atoms with Gasteiger partial charge in [-0.05, 0) is 87.5 Å². The Labute approximate surface area is 368 Å². The van der Waals surface area contributed by atoms with Crippen molar-refractivity contribution in [2.45, 2.75) is 145 Å². The number of rotatable bonds is 20. The van der Waals surface area contributed by atoms with E-state index in [0.717, 1.165) is 86.4 Å². The predicted molar refractivity (Wildman–Crippen MR) is 251 cm³/mol. The fourth-order valence-electron chi connectivity index (χ4n) is 3.71. The van der Waals surface area contributed by atoms with E-state index in [1.807, 2.05) is 46.7 Å². The fraction of sp³-hybridized carbons (Fsp3) is 0.889. The lowest BCUT2D eigenvalue weighted by Gasteiger charge is -2.35. The molecule has 1 aliphatic heterocycles. The second-order valence-electron chi connectivity index (χ2n) is 15.4. The first-order valence-electron chi connectivity index (χ1n) is 18.2. The SMILES string of the molecule is C.C.C.C.C.C.C1CCOC1.C=C(OCC[N+](C)(C)CC)C(C)(C)CCC(C)(CC)C(=C)OCCN(C)C.CCBr.CCC(C)(C)C(=O)OCCN(C)C.[Br-]. The summed E-state index contributed by atoms with van der Waals surface area (Å²) in [5.74, 6) is 1.68. The van der Waals surface area contributed by atoms with Gasteiger partial charge in [-0.15, -0.1) is 0 Å². The van der Waals surface area contributed by atoms with Crippen molar-refractivity contribution in [3.63, 3.8) is 0 Å². The van der Waals surface area contributed by atoms with E-state index in [1.165, 1.54) is 12.8 Å². The molecule has 0 N–H and O–H groups in total. The standard InChI is InChI=1S/C23H47N2O2.C10H21NO2.C4H8O.C2H5Br.6CH4.BrH/c1-12-23(7,21(4)26-18-16-24(8)9)15-14-22(5,6)20(3)27-19-17-25(10,11)13-2;1-6-10(2,3)9(12)13-8-7-11(4)5;1-2-4-5-3-1;1-2-3;;;;;;;/h3-4,12-19H2,1-2,5-11H3;6-8H2,1-5H3;1-4H2;2H2,1H3;6*1H4;1H/q+1;;;;;;;;;;/p-1. The Balaban J connectivity index is -0.0000000761. The molecule has 1 atom stereocenters. The first-order chi connectivity index (χ1) is 22.1. The summed E-state index contributed by atoms with van der Waals surface area (Å²) in [6, 6.07) is 0. The van der Waals surface area contributed by atoms with Crippen LogP contribution in [0.5, 0.6) is 0 Å². The van der Waals surface area contributed by atoms with Crippen LogP contribution in [0.25, 0.3) is 0 Å². The second kappa shape index (κ2) is 42.9. The van der Waals surface area contributed by atoms with Crippen LogP contribution in [0.2, 0.25) is 0 Å². The summed E-state index contributed by atoms with van der Waals surface area (Å²) >= 11 is 3.15. The second-order valence-corrected chi connectivity index (χ2v) is 16.5. The van der Waals surface area contributed by atoms with E-state index in [0.29, 0.717) is 19.8 Å². The molecular weight excluding hydrogens is 822 g/mol. The monoisotopic (exact) mass is 926 g/mol. The third-order valence-electron chi connectivity index (χ3n) is 9.19. The molecule has 1 fully saturated rings. The van der Waals surface area contributed by atoms with Crippen molar-refractivity contribution in [2.75, 3.05) is 107 Å². The maximum Gasteiger partial charge on any atom is 0.311 e. The molecule has 0 aromatic heterocycles. The lowest BCUT2D eigenvalue weighted by Crippen LogP contribution is -3.00. The summed E-state index contributed by atoms with van der Waals surface area (Å²) in [6.45, 7) is 35.1. The maximum atomic E-state index is 11.4. The molecule has 1 saturated heterocycles. The van der Waals surface area contributed by atoms with Crippen molar-refractivity contribution in [2.24, 2.45) is 16.2 Å². The van der Waals surface area contributed by atoms with Gasteiger partial charge in [0.15, 0.2) is 0 Å². The number of ether oxygens (including phenoxy) is 4. The molecule has 10 heteroatoms. The minimum absolute atomic E-state index is 0. The number of quaternary nitrogens is 1. The van der Waals surface area contributed by atoms with E-state index in [-0.39, 0.29) is 83.8 Å². The van der Waals surface area contributed by atoms with Gasteiger partial charge in [-0.1, -0.05) is 115 Å². The van der Waals surface area contributed by atoms with Gasteiger partial charge < -0.3 is 50.2 Å². The Kier molecular flexibility index (Phi) is 61.4. The Morgan fingerprint density at radius 2 is 1.09 bits per heavy atom. The van der Waals surface area contributed by atoms with Crippen LogP contribution < -0.4 is 17.0 Å². The normalized spacial score (nSPS) is 12.5. The topological polar surface area (TPSA) is 60.5 Å².